The largest absolute Gasteiger partial charge is 0.333 e. The van der Waals surface area contributed by atoms with Crippen molar-refractivity contribution in [1.29, 1.82) is 0 Å². The summed E-state index contributed by atoms with van der Waals surface area (Å²) < 4.78 is 29.6. The van der Waals surface area contributed by atoms with Gasteiger partial charge >= 0.3 is 5.69 Å². The van der Waals surface area contributed by atoms with Gasteiger partial charge in [-0.15, -0.1) is 0 Å². The summed E-state index contributed by atoms with van der Waals surface area (Å²) in [5.41, 5.74) is 2.05. The molecule has 0 saturated heterocycles. The van der Waals surface area contributed by atoms with E-state index in [1.807, 2.05) is 36.6 Å². The Bertz CT molecular complexity index is 1620. The lowest BCUT2D eigenvalue weighted by Gasteiger charge is -2.30. The van der Waals surface area contributed by atoms with Crippen LogP contribution in [0.15, 0.2) is 81.2 Å². The summed E-state index contributed by atoms with van der Waals surface area (Å²) in [6, 6.07) is 18.8. The second kappa shape index (κ2) is 8.81. The van der Waals surface area contributed by atoms with Crippen LogP contribution >= 0.6 is 11.8 Å². The molecule has 9 heteroatoms. The van der Waals surface area contributed by atoms with Gasteiger partial charge in [0, 0.05) is 12.3 Å². The highest BCUT2D eigenvalue weighted by Crippen LogP contribution is 2.32. The summed E-state index contributed by atoms with van der Waals surface area (Å²) >= 11 is 1.58. The Morgan fingerprint density at radius 3 is 2.62 bits per heavy atom. The zero-order valence-corrected chi connectivity index (χ0v) is 20.2. The molecule has 0 radical (unpaired) electrons. The Morgan fingerprint density at radius 2 is 1.79 bits per heavy atom. The van der Waals surface area contributed by atoms with Crippen molar-refractivity contribution in [3.8, 4) is 5.69 Å². The van der Waals surface area contributed by atoms with E-state index < -0.39 is 21.3 Å². The van der Waals surface area contributed by atoms with Crippen LogP contribution in [0.3, 0.4) is 0 Å². The number of rotatable bonds is 5. The van der Waals surface area contributed by atoms with Crippen molar-refractivity contribution in [3.05, 3.63) is 98.7 Å². The third-order valence-electron chi connectivity index (χ3n) is 6.04. The molecule has 0 unspecified atom stereocenters. The molecule has 0 bridgehead atoms. The molecule has 1 aliphatic rings. The summed E-state index contributed by atoms with van der Waals surface area (Å²) in [6.45, 7) is 0.373. The maximum atomic E-state index is 13.6. The molecule has 1 aliphatic heterocycles. The molecule has 0 spiro atoms. The zero-order valence-electron chi connectivity index (χ0n) is 18.5. The van der Waals surface area contributed by atoms with E-state index in [9.17, 15) is 18.0 Å². The van der Waals surface area contributed by atoms with E-state index in [0.29, 0.717) is 28.9 Å². The first-order valence-corrected chi connectivity index (χ1v) is 13.7. The van der Waals surface area contributed by atoms with Gasteiger partial charge in [0.15, 0.2) is 0 Å². The SMILES string of the molecule is CSCc1cccc2[nH]c(=O)n(-c3cccc(S(=O)(=O)N4CCCc5ccccc54)c3)c(=O)c12. The maximum absolute atomic E-state index is 13.6. The number of para-hydroxylation sites is 1. The number of aryl methyl sites for hydroxylation is 1. The molecule has 0 amide bonds. The Balaban J connectivity index is 1.66. The van der Waals surface area contributed by atoms with Crippen molar-refractivity contribution in [1.82, 2.24) is 9.55 Å². The minimum atomic E-state index is -3.89. The van der Waals surface area contributed by atoms with E-state index in [1.54, 1.807) is 36.0 Å². The first-order valence-electron chi connectivity index (χ1n) is 10.9. The van der Waals surface area contributed by atoms with Crippen LogP contribution in [-0.4, -0.2) is 30.8 Å². The molecule has 0 fully saturated rings. The van der Waals surface area contributed by atoms with Crippen LogP contribution in [0, 0.1) is 0 Å². The fraction of sp³-hybridized carbons (Fsp3) is 0.200. The molecule has 5 rings (SSSR count). The monoisotopic (exact) mass is 493 g/mol. The van der Waals surface area contributed by atoms with Crippen LogP contribution in [0.2, 0.25) is 0 Å². The lowest BCUT2D eigenvalue weighted by molar-refractivity contribution is 0.586. The second-order valence-electron chi connectivity index (χ2n) is 8.15. The number of anilines is 1. The van der Waals surface area contributed by atoms with E-state index in [2.05, 4.69) is 4.98 Å². The van der Waals surface area contributed by atoms with Gasteiger partial charge in [0.05, 0.1) is 27.2 Å². The van der Waals surface area contributed by atoms with E-state index in [0.717, 1.165) is 28.5 Å². The van der Waals surface area contributed by atoms with Gasteiger partial charge in [-0.05, 0) is 60.6 Å². The van der Waals surface area contributed by atoms with Gasteiger partial charge in [-0.2, -0.15) is 11.8 Å². The Labute approximate surface area is 201 Å². The molecule has 1 N–H and O–H groups in total. The standard InChI is InChI=1S/C25H23N3O4S2/c1-33-16-18-8-4-12-21-23(18)24(29)28(25(30)26-21)19-10-5-11-20(15-19)34(31,32)27-14-6-9-17-7-2-3-13-22(17)27/h2-5,7-8,10-13,15H,6,9,14,16H2,1H3,(H,26,30). The number of hydrogen-bond donors (Lipinski definition) is 1. The Hall–Kier alpha value is -3.30. The van der Waals surface area contributed by atoms with Gasteiger partial charge in [0.1, 0.15) is 0 Å². The second-order valence-corrected chi connectivity index (χ2v) is 10.9. The molecule has 7 nitrogen and oxygen atoms in total. The van der Waals surface area contributed by atoms with E-state index in [1.165, 1.54) is 16.4 Å². The number of nitrogens with zero attached hydrogens (tertiary/aromatic N) is 2. The normalized spacial score (nSPS) is 13.7. The first kappa shape index (κ1) is 22.5. The predicted molar refractivity (Wildman–Crippen MR) is 137 cm³/mol. The van der Waals surface area contributed by atoms with Crippen LogP contribution in [-0.2, 0) is 22.2 Å². The highest BCUT2D eigenvalue weighted by molar-refractivity contribution is 7.97. The van der Waals surface area contributed by atoms with Crippen molar-refractivity contribution < 1.29 is 8.42 Å². The Kier molecular flexibility index (Phi) is 5.83. The van der Waals surface area contributed by atoms with Gasteiger partial charge in [-0.1, -0.05) is 36.4 Å². The summed E-state index contributed by atoms with van der Waals surface area (Å²) in [6.07, 6.45) is 3.48. The summed E-state index contributed by atoms with van der Waals surface area (Å²) in [5.74, 6) is 0.613. The predicted octanol–water partition coefficient (Wildman–Crippen LogP) is 3.68. The highest BCUT2D eigenvalue weighted by atomic mass is 32.2. The van der Waals surface area contributed by atoms with Crippen LogP contribution in [0.5, 0.6) is 0 Å². The number of thioether (sulfide) groups is 1. The fourth-order valence-electron chi connectivity index (χ4n) is 4.50. The number of benzene rings is 3. The van der Waals surface area contributed by atoms with Crippen LogP contribution in [0.1, 0.15) is 17.5 Å². The summed E-state index contributed by atoms with van der Waals surface area (Å²) in [7, 11) is -3.89. The van der Waals surface area contributed by atoms with E-state index in [-0.39, 0.29) is 10.6 Å². The number of nitrogens with one attached hydrogen (secondary N) is 1. The number of fused-ring (bicyclic) bond motifs is 2. The van der Waals surface area contributed by atoms with E-state index in [4.69, 9.17) is 0 Å². The molecular formula is C25H23N3O4S2. The average molecular weight is 494 g/mol. The summed E-state index contributed by atoms with van der Waals surface area (Å²) in [4.78, 5) is 29.1. The van der Waals surface area contributed by atoms with Crippen molar-refractivity contribution in [2.24, 2.45) is 0 Å². The van der Waals surface area contributed by atoms with Gasteiger partial charge in [0.25, 0.3) is 15.6 Å². The molecule has 2 heterocycles. The minimum absolute atomic E-state index is 0.0329. The first-order chi connectivity index (χ1) is 16.4. The molecule has 34 heavy (non-hydrogen) atoms. The van der Waals surface area contributed by atoms with Crippen molar-refractivity contribution >= 4 is 38.4 Å². The molecule has 1 aromatic heterocycles. The third kappa shape index (κ3) is 3.74. The summed E-state index contributed by atoms with van der Waals surface area (Å²) in [5, 5.41) is 0.426. The molecule has 3 aromatic carbocycles. The third-order valence-corrected chi connectivity index (χ3v) is 8.45. The highest BCUT2D eigenvalue weighted by Gasteiger charge is 2.29. The maximum Gasteiger partial charge on any atom is 0.333 e. The average Bonchev–Trinajstić information content (AvgIpc) is 2.84. The van der Waals surface area contributed by atoms with Crippen LogP contribution in [0.4, 0.5) is 5.69 Å². The molecule has 4 aromatic rings. The van der Waals surface area contributed by atoms with E-state index >= 15 is 0 Å². The van der Waals surface area contributed by atoms with Crippen LogP contribution in [0.25, 0.3) is 16.6 Å². The molecule has 174 valence electrons. The number of aromatic amines is 1. The van der Waals surface area contributed by atoms with Crippen LogP contribution < -0.4 is 15.6 Å². The van der Waals surface area contributed by atoms with Gasteiger partial charge in [-0.25, -0.2) is 17.8 Å². The number of H-pyrrole nitrogens is 1. The topological polar surface area (TPSA) is 92.2 Å². The van der Waals surface area contributed by atoms with Gasteiger partial charge in [-0.3, -0.25) is 9.10 Å². The van der Waals surface area contributed by atoms with Crippen molar-refractivity contribution in [2.75, 3.05) is 17.1 Å². The quantitative estimate of drug-likeness (QED) is 0.458. The zero-order chi connectivity index (χ0) is 23.9. The van der Waals surface area contributed by atoms with Crippen molar-refractivity contribution in [2.45, 2.75) is 23.5 Å². The Morgan fingerprint density at radius 1 is 1.00 bits per heavy atom. The fourth-order valence-corrected chi connectivity index (χ4v) is 6.63. The molecule has 0 saturated carbocycles. The molecule has 0 aliphatic carbocycles. The van der Waals surface area contributed by atoms with Gasteiger partial charge < -0.3 is 4.98 Å². The van der Waals surface area contributed by atoms with Gasteiger partial charge in [0.2, 0.25) is 0 Å². The number of hydrogen-bond acceptors (Lipinski definition) is 5. The molecule has 0 atom stereocenters. The molecular weight excluding hydrogens is 470 g/mol. The van der Waals surface area contributed by atoms with Crippen molar-refractivity contribution in [3.63, 3.8) is 0 Å². The number of aromatic nitrogens is 2. The number of sulfonamides is 1. The lowest BCUT2D eigenvalue weighted by Crippen LogP contribution is -2.36. The lowest BCUT2D eigenvalue weighted by atomic mass is 10.0. The smallest absolute Gasteiger partial charge is 0.306 e. The minimum Gasteiger partial charge on any atom is -0.306 e.